The van der Waals surface area contributed by atoms with Crippen LogP contribution < -0.4 is 14.8 Å². The predicted molar refractivity (Wildman–Crippen MR) is 92.4 cm³/mol. The van der Waals surface area contributed by atoms with Crippen LogP contribution >= 0.6 is 11.6 Å². The van der Waals surface area contributed by atoms with Gasteiger partial charge in [0.15, 0.2) is 6.10 Å². The lowest BCUT2D eigenvalue weighted by Gasteiger charge is -2.14. The lowest BCUT2D eigenvalue weighted by Crippen LogP contribution is -2.37. The van der Waals surface area contributed by atoms with Crippen LogP contribution in [0.5, 0.6) is 11.5 Å². The lowest BCUT2D eigenvalue weighted by atomic mass is 10.2. The molecule has 0 bridgehead atoms. The molecule has 2 rings (SSSR count). The standard InChI is InChI=1S/C18H20ClNO4/c1-13(18(22)20-10-11-21)24-17-6-2-14(3-7-17)12-23-16-8-4-15(19)5-9-16/h2-9,13,21H,10-12H2,1H3,(H,20,22). The highest BCUT2D eigenvalue weighted by atomic mass is 35.5. The van der Waals surface area contributed by atoms with Crippen molar-refractivity contribution in [3.05, 3.63) is 59.1 Å². The summed E-state index contributed by atoms with van der Waals surface area (Å²) in [7, 11) is 0. The third-order valence-electron chi connectivity index (χ3n) is 3.24. The van der Waals surface area contributed by atoms with E-state index < -0.39 is 6.10 Å². The number of carbonyl (C=O) groups excluding carboxylic acids is 1. The van der Waals surface area contributed by atoms with Crippen molar-refractivity contribution in [1.29, 1.82) is 0 Å². The molecule has 1 unspecified atom stereocenters. The zero-order chi connectivity index (χ0) is 17.4. The highest BCUT2D eigenvalue weighted by Gasteiger charge is 2.13. The highest BCUT2D eigenvalue weighted by Crippen LogP contribution is 2.18. The summed E-state index contributed by atoms with van der Waals surface area (Å²) in [5.41, 5.74) is 0.981. The van der Waals surface area contributed by atoms with E-state index in [1.54, 1.807) is 31.2 Å². The number of benzene rings is 2. The minimum atomic E-state index is -0.632. The van der Waals surface area contributed by atoms with E-state index in [2.05, 4.69) is 5.32 Å². The van der Waals surface area contributed by atoms with Crippen LogP contribution in [0.3, 0.4) is 0 Å². The van der Waals surface area contributed by atoms with Crippen molar-refractivity contribution in [2.45, 2.75) is 19.6 Å². The number of hydrogen-bond donors (Lipinski definition) is 2. The Balaban J connectivity index is 1.83. The van der Waals surface area contributed by atoms with Gasteiger partial charge in [0.05, 0.1) is 6.61 Å². The number of aliphatic hydroxyl groups excluding tert-OH is 1. The van der Waals surface area contributed by atoms with Crippen LogP contribution in [0.1, 0.15) is 12.5 Å². The van der Waals surface area contributed by atoms with Gasteiger partial charge in [0.25, 0.3) is 5.91 Å². The van der Waals surface area contributed by atoms with Gasteiger partial charge in [-0.05, 0) is 48.9 Å². The molecule has 0 aromatic heterocycles. The highest BCUT2D eigenvalue weighted by molar-refractivity contribution is 6.30. The van der Waals surface area contributed by atoms with Crippen molar-refractivity contribution < 1.29 is 19.4 Å². The molecule has 0 saturated carbocycles. The lowest BCUT2D eigenvalue weighted by molar-refractivity contribution is -0.127. The minimum absolute atomic E-state index is 0.0965. The molecule has 0 aliphatic heterocycles. The molecule has 128 valence electrons. The van der Waals surface area contributed by atoms with Crippen molar-refractivity contribution in [3.8, 4) is 11.5 Å². The number of ether oxygens (including phenoxy) is 2. The molecule has 2 aromatic carbocycles. The molecule has 0 heterocycles. The first-order valence-electron chi connectivity index (χ1n) is 7.61. The van der Waals surface area contributed by atoms with Gasteiger partial charge in [-0.1, -0.05) is 23.7 Å². The largest absolute Gasteiger partial charge is 0.489 e. The maximum Gasteiger partial charge on any atom is 0.260 e. The van der Waals surface area contributed by atoms with Crippen LogP contribution in [0.15, 0.2) is 48.5 Å². The Hall–Kier alpha value is -2.24. The Morgan fingerprint density at radius 2 is 1.75 bits per heavy atom. The van der Waals surface area contributed by atoms with Crippen molar-refractivity contribution in [2.75, 3.05) is 13.2 Å². The van der Waals surface area contributed by atoms with E-state index >= 15 is 0 Å². The van der Waals surface area contributed by atoms with Gasteiger partial charge in [-0.3, -0.25) is 4.79 Å². The van der Waals surface area contributed by atoms with Crippen molar-refractivity contribution >= 4 is 17.5 Å². The number of hydrogen-bond acceptors (Lipinski definition) is 4. The summed E-state index contributed by atoms with van der Waals surface area (Å²) in [6, 6.07) is 14.5. The van der Waals surface area contributed by atoms with Gasteiger partial charge < -0.3 is 19.9 Å². The predicted octanol–water partition coefficient (Wildman–Crippen LogP) is 2.79. The Morgan fingerprint density at radius 1 is 1.12 bits per heavy atom. The molecule has 0 saturated heterocycles. The second-order valence-electron chi connectivity index (χ2n) is 5.16. The van der Waals surface area contributed by atoms with Gasteiger partial charge in [-0.15, -0.1) is 0 Å². The zero-order valence-corrected chi connectivity index (χ0v) is 14.1. The molecule has 24 heavy (non-hydrogen) atoms. The van der Waals surface area contributed by atoms with E-state index in [9.17, 15) is 4.79 Å². The molecule has 2 N–H and O–H groups in total. The zero-order valence-electron chi connectivity index (χ0n) is 13.4. The van der Waals surface area contributed by atoms with E-state index in [0.717, 1.165) is 11.3 Å². The minimum Gasteiger partial charge on any atom is -0.489 e. The van der Waals surface area contributed by atoms with Crippen molar-refractivity contribution in [3.63, 3.8) is 0 Å². The van der Waals surface area contributed by atoms with Gasteiger partial charge in [0, 0.05) is 11.6 Å². The molecule has 0 aliphatic rings. The van der Waals surface area contributed by atoms with Crippen LogP contribution in [-0.4, -0.2) is 30.3 Å². The average Bonchev–Trinajstić information content (AvgIpc) is 2.60. The monoisotopic (exact) mass is 349 g/mol. The van der Waals surface area contributed by atoms with Crippen LogP contribution in [0.2, 0.25) is 5.02 Å². The third-order valence-corrected chi connectivity index (χ3v) is 3.49. The van der Waals surface area contributed by atoms with E-state index in [0.29, 0.717) is 17.4 Å². The first-order chi connectivity index (χ1) is 11.6. The first kappa shape index (κ1) is 18.1. The molecule has 1 amide bonds. The van der Waals surface area contributed by atoms with Gasteiger partial charge in [-0.25, -0.2) is 0 Å². The average molecular weight is 350 g/mol. The van der Waals surface area contributed by atoms with Crippen LogP contribution in [0.4, 0.5) is 0 Å². The molecule has 0 spiro atoms. The fourth-order valence-electron chi connectivity index (χ4n) is 1.94. The maximum absolute atomic E-state index is 11.7. The molecule has 0 radical (unpaired) electrons. The van der Waals surface area contributed by atoms with E-state index in [-0.39, 0.29) is 19.1 Å². The summed E-state index contributed by atoms with van der Waals surface area (Å²) in [6.07, 6.45) is -0.632. The van der Waals surface area contributed by atoms with Crippen molar-refractivity contribution in [1.82, 2.24) is 5.32 Å². The molecular formula is C18H20ClNO4. The Labute approximate surface area is 146 Å². The Kier molecular flexibility index (Phi) is 6.90. The van der Waals surface area contributed by atoms with Gasteiger partial charge in [0.2, 0.25) is 0 Å². The van der Waals surface area contributed by atoms with Crippen molar-refractivity contribution in [2.24, 2.45) is 0 Å². The number of halogens is 1. The molecule has 0 aliphatic carbocycles. The van der Waals surface area contributed by atoms with Crippen LogP contribution in [-0.2, 0) is 11.4 Å². The maximum atomic E-state index is 11.7. The number of amides is 1. The number of carbonyl (C=O) groups is 1. The molecule has 5 nitrogen and oxygen atoms in total. The Morgan fingerprint density at radius 3 is 2.38 bits per heavy atom. The number of rotatable bonds is 8. The van der Waals surface area contributed by atoms with E-state index in [4.69, 9.17) is 26.2 Å². The molecular weight excluding hydrogens is 330 g/mol. The quantitative estimate of drug-likeness (QED) is 0.769. The Bertz CT molecular complexity index is 643. The summed E-state index contributed by atoms with van der Waals surface area (Å²) in [5.74, 6) is 1.07. The molecule has 2 aromatic rings. The van der Waals surface area contributed by atoms with Gasteiger partial charge in [0.1, 0.15) is 18.1 Å². The fraction of sp³-hybridized carbons (Fsp3) is 0.278. The van der Waals surface area contributed by atoms with Crippen LogP contribution in [0, 0.1) is 0 Å². The SMILES string of the molecule is CC(Oc1ccc(COc2ccc(Cl)cc2)cc1)C(=O)NCCO. The fourth-order valence-corrected chi connectivity index (χ4v) is 2.07. The summed E-state index contributed by atoms with van der Waals surface area (Å²) in [4.78, 5) is 11.7. The summed E-state index contributed by atoms with van der Waals surface area (Å²) in [6.45, 7) is 2.20. The molecule has 1 atom stereocenters. The topological polar surface area (TPSA) is 67.8 Å². The summed E-state index contributed by atoms with van der Waals surface area (Å²) >= 11 is 5.83. The van der Waals surface area contributed by atoms with E-state index in [1.165, 1.54) is 0 Å². The van der Waals surface area contributed by atoms with Gasteiger partial charge >= 0.3 is 0 Å². The molecule has 6 heteroatoms. The third kappa shape index (κ3) is 5.76. The second-order valence-corrected chi connectivity index (χ2v) is 5.60. The number of aliphatic hydroxyl groups is 1. The first-order valence-corrected chi connectivity index (χ1v) is 7.99. The smallest absolute Gasteiger partial charge is 0.260 e. The van der Waals surface area contributed by atoms with Gasteiger partial charge in [-0.2, -0.15) is 0 Å². The number of nitrogens with one attached hydrogen (secondary N) is 1. The van der Waals surface area contributed by atoms with Crippen LogP contribution in [0.25, 0.3) is 0 Å². The summed E-state index contributed by atoms with van der Waals surface area (Å²) in [5, 5.41) is 11.9. The summed E-state index contributed by atoms with van der Waals surface area (Å²) < 4.78 is 11.2. The second kappa shape index (κ2) is 9.15. The normalized spacial score (nSPS) is 11.6. The van der Waals surface area contributed by atoms with E-state index in [1.807, 2.05) is 24.3 Å². The molecule has 0 fully saturated rings.